The van der Waals surface area contributed by atoms with E-state index < -0.39 is 54.3 Å². The molecule has 0 bridgehead atoms. The number of hydrogen-bond donors (Lipinski definition) is 6. The van der Waals surface area contributed by atoms with Crippen molar-refractivity contribution in [2.45, 2.75) is 83.0 Å². The van der Waals surface area contributed by atoms with E-state index in [1.165, 1.54) is 25.3 Å². The summed E-state index contributed by atoms with van der Waals surface area (Å²) in [5, 5.41) is 52.1. The fourth-order valence-corrected chi connectivity index (χ4v) is 5.82. The van der Waals surface area contributed by atoms with Crippen LogP contribution in [-0.4, -0.2) is 92.7 Å². The first-order valence-electron chi connectivity index (χ1n) is 16.5. The molecule has 1 aliphatic rings. The molecule has 1 saturated carbocycles. The Hall–Kier alpha value is -3.98. The van der Waals surface area contributed by atoms with Gasteiger partial charge in [-0.3, -0.25) is 4.79 Å². The zero-order valence-electron chi connectivity index (χ0n) is 28.9. The van der Waals surface area contributed by atoms with Crippen molar-refractivity contribution in [1.29, 1.82) is 0 Å². The molecule has 1 heterocycles. The van der Waals surface area contributed by atoms with Crippen molar-refractivity contribution in [1.82, 2.24) is 10.3 Å². The number of rotatable bonds is 16. The third kappa shape index (κ3) is 10.1. The van der Waals surface area contributed by atoms with Gasteiger partial charge >= 0.3 is 11.9 Å². The maximum Gasteiger partial charge on any atom is 0.343 e. The lowest BCUT2D eigenvalue weighted by atomic mass is 9.83. The number of halogens is 1. The second-order valence-electron chi connectivity index (χ2n) is 13.7. The number of nitrogens with zero attached hydrogens (tertiary/aromatic N) is 1. The second-order valence-corrected chi connectivity index (χ2v) is 13.7. The van der Waals surface area contributed by atoms with Gasteiger partial charge in [0, 0.05) is 24.7 Å². The van der Waals surface area contributed by atoms with Crippen LogP contribution in [0.1, 0.15) is 67.9 Å². The van der Waals surface area contributed by atoms with Crippen LogP contribution in [0.5, 0.6) is 11.6 Å². The Morgan fingerprint density at radius 3 is 2.34 bits per heavy atom. The first-order chi connectivity index (χ1) is 23.6. The van der Waals surface area contributed by atoms with E-state index in [-0.39, 0.29) is 47.7 Å². The standard InChI is InChI=1S/C37H47FN2O10/c1-20(35(46)50-37(2,3)4)32(21-9-10-21)22-7-6-8-25(14-22)49-36(47)23-11-12-26(27-15-31(48-5)40-17-28(27)38)24(13-23)16-39-18-29(42)33(44)34(45)30(43)19-41/h6-8,11-15,17,20-21,29-30,32-34,39,41-45H,9-10,16,18-19H2,1-5H3/t20-,29-,30+,32-,33+,34+/m0/s1. The van der Waals surface area contributed by atoms with Gasteiger partial charge in [-0.1, -0.05) is 25.1 Å². The van der Waals surface area contributed by atoms with Gasteiger partial charge in [-0.15, -0.1) is 0 Å². The predicted octanol–water partition coefficient (Wildman–Crippen LogP) is 3.11. The molecule has 12 nitrogen and oxygen atoms in total. The Balaban J connectivity index is 1.57. The first kappa shape index (κ1) is 38.8. The van der Waals surface area contributed by atoms with E-state index in [9.17, 15) is 30.0 Å². The van der Waals surface area contributed by atoms with Crippen LogP contribution < -0.4 is 14.8 Å². The van der Waals surface area contributed by atoms with Gasteiger partial charge in [0.2, 0.25) is 5.88 Å². The summed E-state index contributed by atoms with van der Waals surface area (Å²) >= 11 is 0. The third-order valence-corrected chi connectivity index (χ3v) is 8.57. The first-order valence-corrected chi connectivity index (χ1v) is 16.5. The lowest BCUT2D eigenvalue weighted by Gasteiger charge is -2.27. The summed E-state index contributed by atoms with van der Waals surface area (Å²) < 4.78 is 31.6. The Kier molecular flexibility index (Phi) is 13.1. The Morgan fingerprint density at radius 2 is 1.70 bits per heavy atom. The summed E-state index contributed by atoms with van der Waals surface area (Å²) in [6.07, 6.45) is -3.83. The highest BCUT2D eigenvalue weighted by molar-refractivity contribution is 5.92. The van der Waals surface area contributed by atoms with Crippen molar-refractivity contribution in [3.8, 4) is 22.8 Å². The van der Waals surface area contributed by atoms with Crippen molar-refractivity contribution < 1.29 is 53.7 Å². The number of aromatic nitrogens is 1. The summed E-state index contributed by atoms with van der Waals surface area (Å²) in [7, 11) is 1.39. The normalized spacial score (nSPS) is 16.9. The van der Waals surface area contributed by atoms with Gasteiger partial charge in [-0.25, -0.2) is 14.2 Å². The molecular weight excluding hydrogens is 651 g/mol. The fourth-order valence-electron chi connectivity index (χ4n) is 5.82. The second kappa shape index (κ2) is 16.8. The van der Waals surface area contributed by atoms with Crippen molar-refractivity contribution in [3.05, 3.63) is 77.2 Å². The molecule has 13 heteroatoms. The van der Waals surface area contributed by atoms with Crippen LogP contribution in [0, 0.1) is 17.7 Å². The van der Waals surface area contributed by atoms with E-state index in [0.717, 1.165) is 24.6 Å². The van der Waals surface area contributed by atoms with Crippen LogP contribution in [0.3, 0.4) is 0 Å². The molecule has 2 aromatic carbocycles. The highest BCUT2D eigenvalue weighted by atomic mass is 19.1. The summed E-state index contributed by atoms with van der Waals surface area (Å²) in [6, 6.07) is 13.0. The molecule has 0 radical (unpaired) electrons. The number of aliphatic hydroxyl groups excluding tert-OH is 5. The van der Waals surface area contributed by atoms with Gasteiger partial charge < -0.3 is 45.1 Å². The van der Waals surface area contributed by atoms with Crippen molar-refractivity contribution in [2.24, 2.45) is 11.8 Å². The van der Waals surface area contributed by atoms with E-state index >= 15 is 4.39 Å². The van der Waals surface area contributed by atoms with Gasteiger partial charge in [0.1, 0.15) is 35.5 Å². The molecule has 0 unspecified atom stereocenters. The molecule has 3 aromatic rings. The Labute approximate surface area is 290 Å². The minimum absolute atomic E-state index is 0.0376. The number of carbonyl (C=O) groups is 2. The zero-order valence-corrected chi connectivity index (χ0v) is 28.9. The molecule has 0 saturated heterocycles. The molecule has 6 N–H and O–H groups in total. The summed E-state index contributed by atoms with van der Waals surface area (Å²) in [6.45, 7) is 6.21. The molecule has 50 heavy (non-hydrogen) atoms. The number of methoxy groups -OCH3 is 1. The average Bonchev–Trinajstić information content (AvgIpc) is 3.92. The molecule has 0 aliphatic heterocycles. The Bertz CT molecular complexity index is 1630. The zero-order chi connectivity index (χ0) is 36.7. The molecule has 272 valence electrons. The van der Waals surface area contributed by atoms with Crippen molar-refractivity contribution in [3.63, 3.8) is 0 Å². The summed E-state index contributed by atoms with van der Waals surface area (Å²) in [5.41, 5.74) is 1.30. The monoisotopic (exact) mass is 698 g/mol. The minimum Gasteiger partial charge on any atom is -0.481 e. The summed E-state index contributed by atoms with van der Waals surface area (Å²) in [4.78, 5) is 30.3. The maximum atomic E-state index is 15.0. The fraction of sp³-hybridized carbons (Fsp3) is 0.486. The topological polar surface area (TPSA) is 188 Å². The van der Waals surface area contributed by atoms with Crippen LogP contribution >= 0.6 is 0 Å². The van der Waals surface area contributed by atoms with Crippen molar-refractivity contribution >= 4 is 11.9 Å². The van der Waals surface area contributed by atoms with Gasteiger partial charge in [0.25, 0.3) is 0 Å². The molecule has 1 fully saturated rings. The van der Waals surface area contributed by atoms with Crippen LogP contribution in [-0.2, 0) is 16.1 Å². The molecule has 1 aliphatic carbocycles. The number of hydrogen-bond acceptors (Lipinski definition) is 12. The van der Waals surface area contributed by atoms with Crippen LogP contribution in [0.15, 0.2) is 54.7 Å². The van der Waals surface area contributed by atoms with E-state index in [1.807, 2.05) is 33.8 Å². The van der Waals surface area contributed by atoms with Gasteiger partial charge in [0.15, 0.2) is 0 Å². The lowest BCUT2D eigenvalue weighted by molar-refractivity contribution is -0.160. The van der Waals surface area contributed by atoms with E-state index in [4.69, 9.17) is 19.3 Å². The third-order valence-electron chi connectivity index (χ3n) is 8.57. The Morgan fingerprint density at radius 1 is 1.00 bits per heavy atom. The largest absolute Gasteiger partial charge is 0.481 e. The SMILES string of the molecule is COc1cc(-c2ccc(C(=O)Oc3cccc([C@H](C4CC4)[C@H](C)C(=O)OC(C)(C)C)c3)cc2CNC[C@H](O)[C@@H](O)[C@H](O)[C@H](O)CO)c(F)cn1. The van der Waals surface area contributed by atoms with Gasteiger partial charge in [-0.2, -0.15) is 0 Å². The van der Waals surface area contributed by atoms with E-state index in [0.29, 0.717) is 17.0 Å². The highest BCUT2D eigenvalue weighted by Gasteiger charge is 2.40. The van der Waals surface area contributed by atoms with E-state index in [1.54, 1.807) is 24.3 Å². The predicted molar refractivity (Wildman–Crippen MR) is 181 cm³/mol. The van der Waals surface area contributed by atoms with Gasteiger partial charge in [0.05, 0.1) is 37.5 Å². The van der Waals surface area contributed by atoms with Gasteiger partial charge in [-0.05, 0) is 86.4 Å². The molecule has 1 aromatic heterocycles. The molecule has 4 rings (SSSR count). The molecule has 0 spiro atoms. The number of ether oxygens (including phenoxy) is 3. The van der Waals surface area contributed by atoms with E-state index in [2.05, 4.69) is 10.3 Å². The number of benzene rings is 2. The number of pyridine rings is 1. The lowest BCUT2D eigenvalue weighted by Crippen LogP contribution is -2.48. The van der Waals surface area contributed by atoms with Crippen LogP contribution in [0.4, 0.5) is 4.39 Å². The summed E-state index contributed by atoms with van der Waals surface area (Å²) in [5.74, 6) is -1.42. The quantitative estimate of drug-likeness (QED) is 0.0950. The number of aliphatic hydroxyl groups is 5. The average molecular weight is 699 g/mol. The highest BCUT2D eigenvalue weighted by Crippen LogP contribution is 2.47. The van der Waals surface area contributed by atoms with Crippen LogP contribution in [0.2, 0.25) is 0 Å². The van der Waals surface area contributed by atoms with Crippen LogP contribution in [0.25, 0.3) is 11.1 Å². The molecular formula is C37H47FN2O10. The number of nitrogens with one attached hydrogen (secondary N) is 1. The minimum atomic E-state index is -1.80. The molecule has 0 amide bonds. The molecule has 6 atom stereocenters. The smallest absolute Gasteiger partial charge is 0.343 e. The maximum absolute atomic E-state index is 15.0. The van der Waals surface area contributed by atoms with Crippen molar-refractivity contribution in [2.75, 3.05) is 20.3 Å². The number of carbonyl (C=O) groups excluding carboxylic acids is 2. The number of esters is 2.